The average molecular weight is 227 g/mol. The first-order chi connectivity index (χ1) is 5.86. The zero-order valence-corrected chi connectivity index (χ0v) is 8.38. The van der Waals surface area contributed by atoms with Gasteiger partial charge in [0.2, 0.25) is 0 Å². The monoisotopic (exact) mass is 226 g/mol. The molecule has 0 bridgehead atoms. The van der Waals surface area contributed by atoms with E-state index < -0.39 is 0 Å². The van der Waals surface area contributed by atoms with Gasteiger partial charge in [-0.05, 0) is 24.1 Å². The minimum absolute atomic E-state index is 0.623. The number of benzene rings is 1. The van der Waals surface area contributed by atoms with Gasteiger partial charge in [-0.1, -0.05) is 28.1 Å². The smallest absolute Gasteiger partial charge is 0.0535 e. The van der Waals surface area contributed by atoms with Crippen LogP contribution in [0, 0.1) is 0 Å². The van der Waals surface area contributed by atoms with E-state index >= 15 is 0 Å². The Kier molecular flexibility index (Phi) is 2.47. The SMILES string of the molecule is Brc1ccc([C@H]2CCOC2)cc1. The van der Waals surface area contributed by atoms with Gasteiger partial charge in [0.25, 0.3) is 0 Å². The summed E-state index contributed by atoms with van der Waals surface area (Å²) in [5.74, 6) is 0.623. The molecule has 0 N–H and O–H groups in total. The normalized spacial score (nSPS) is 22.9. The summed E-state index contributed by atoms with van der Waals surface area (Å²) in [5.41, 5.74) is 1.40. The predicted octanol–water partition coefficient (Wildman–Crippen LogP) is 2.95. The highest BCUT2D eigenvalue weighted by Crippen LogP contribution is 2.25. The molecule has 1 aliphatic rings. The average Bonchev–Trinajstić information content (AvgIpc) is 2.58. The minimum atomic E-state index is 0.623. The summed E-state index contributed by atoms with van der Waals surface area (Å²) in [4.78, 5) is 0. The molecule has 1 heterocycles. The molecule has 0 unspecified atom stereocenters. The number of halogens is 1. The Morgan fingerprint density at radius 2 is 2.00 bits per heavy atom. The minimum Gasteiger partial charge on any atom is -0.381 e. The molecule has 1 aromatic carbocycles. The maximum absolute atomic E-state index is 5.33. The van der Waals surface area contributed by atoms with Crippen LogP contribution in [0.2, 0.25) is 0 Å². The van der Waals surface area contributed by atoms with Gasteiger partial charge in [0.1, 0.15) is 0 Å². The zero-order valence-electron chi connectivity index (χ0n) is 6.79. The summed E-state index contributed by atoms with van der Waals surface area (Å²) in [6, 6.07) is 8.52. The van der Waals surface area contributed by atoms with Crippen LogP contribution in [0.1, 0.15) is 17.9 Å². The Labute approximate surface area is 80.9 Å². The summed E-state index contributed by atoms with van der Waals surface area (Å²) in [6.45, 7) is 1.81. The molecule has 1 atom stereocenters. The van der Waals surface area contributed by atoms with Crippen LogP contribution in [-0.4, -0.2) is 13.2 Å². The first-order valence-electron chi connectivity index (χ1n) is 4.19. The van der Waals surface area contributed by atoms with Gasteiger partial charge >= 0.3 is 0 Å². The Morgan fingerprint density at radius 1 is 1.25 bits per heavy atom. The topological polar surface area (TPSA) is 9.23 Å². The third kappa shape index (κ3) is 1.70. The van der Waals surface area contributed by atoms with Crippen molar-refractivity contribution in [2.45, 2.75) is 12.3 Å². The molecule has 1 nitrogen and oxygen atoms in total. The molecule has 1 aliphatic heterocycles. The molecule has 0 aliphatic carbocycles. The summed E-state index contributed by atoms with van der Waals surface area (Å²) >= 11 is 3.42. The second kappa shape index (κ2) is 3.58. The van der Waals surface area contributed by atoms with Crippen molar-refractivity contribution in [3.63, 3.8) is 0 Å². The van der Waals surface area contributed by atoms with Crippen molar-refractivity contribution in [3.05, 3.63) is 34.3 Å². The van der Waals surface area contributed by atoms with E-state index in [0.29, 0.717) is 5.92 Å². The quantitative estimate of drug-likeness (QED) is 0.716. The molecule has 2 heteroatoms. The van der Waals surface area contributed by atoms with Crippen molar-refractivity contribution in [1.82, 2.24) is 0 Å². The lowest BCUT2D eigenvalue weighted by Crippen LogP contribution is -1.96. The number of hydrogen-bond donors (Lipinski definition) is 0. The lowest BCUT2D eigenvalue weighted by Gasteiger charge is -2.06. The van der Waals surface area contributed by atoms with Crippen molar-refractivity contribution in [3.8, 4) is 0 Å². The molecular formula is C10H11BrO. The Morgan fingerprint density at radius 3 is 2.58 bits per heavy atom. The number of hydrogen-bond acceptors (Lipinski definition) is 1. The van der Waals surface area contributed by atoms with Gasteiger partial charge in [0.15, 0.2) is 0 Å². The fraction of sp³-hybridized carbons (Fsp3) is 0.400. The summed E-state index contributed by atoms with van der Waals surface area (Å²) in [7, 11) is 0. The standard InChI is InChI=1S/C10H11BrO/c11-10-3-1-8(2-4-10)9-5-6-12-7-9/h1-4,9H,5-7H2/t9-/m0/s1. The molecule has 0 spiro atoms. The first-order valence-corrected chi connectivity index (χ1v) is 4.99. The van der Waals surface area contributed by atoms with Gasteiger partial charge in [-0.25, -0.2) is 0 Å². The van der Waals surface area contributed by atoms with Gasteiger partial charge in [0.05, 0.1) is 6.61 Å². The van der Waals surface area contributed by atoms with E-state index in [2.05, 4.69) is 40.2 Å². The van der Waals surface area contributed by atoms with Gasteiger partial charge in [-0.15, -0.1) is 0 Å². The highest BCUT2D eigenvalue weighted by Gasteiger charge is 2.16. The first kappa shape index (κ1) is 8.27. The van der Waals surface area contributed by atoms with Crippen LogP contribution in [0.3, 0.4) is 0 Å². The van der Waals surface area contributed by atoms with Gasteiger partial charge in [-0.3, -0.25) is 0 Å². The van der Waals surface area contributed by atoms with Crippen LogP contribution in [0.15, 0.2) is 28.7 Å². The van der Waals surface area contributed by atoms with E-state index in [4.69, 9.17) is 4.74 Å². The lowest BCUT2D eigenvalue weighted by atomic mass is 9.99. The summed E-state index contributed by atoms with van der Waals surface area (Å²) in [6.07, 6.45) is 1.17. The predicted molar refractivity (Wildman–Crippen MR) is 52.3 cm³/mol. The van der Waals surface area contributed by atoms with Crippen LogP contribution in [-0.2, 0) is 4.74 Å². The van der Waals surface area contributed by atoms with Crippen molar-refractivity contribution >= 4 is 15.9 Å². The molecule has 64 valence electrons. The number of rotatable bonds is 1. The van der Waals surface area contributed by atoms with Crippen molar-refractivity contribution < 1.29 is 4.74 Å². The molecule has 1 aromatic rings. The van der Waals surface area contributed by atoms with E-state index in [1.807, 2.05) is 0 Å². The van der Waals surface area contributed by atoms with E-state index in [0.717, 1.165) is 17.7 Å². The molecular weight excluding hydrogens is 216 g/mol. The molecule has 0 radical (unpaired) electrons. The number of ether oxygens (including phenoxy) is 1. The molecule has 0 saturated carbocycles. The second-order valence-electron chi connectivity index (χ2n) is 3.11. The highest BCUT2D eigenvalue weighted by molar-refractivity contribution is 9.10. The molecule has 1 saturated heterocycles. The van der Waals surface area contributed by atoms with Crippen LogP contribution < -0.4 is 0 Å². The van der Waals surface area contributed by atoms with Gasteiger partial charge < -0.3 is 4.74 Å². The van der Waals surface area contributed by atoms with Crippen molar-refractivity contribution in [1.29, 1.82) is 0 Å². The molecule has 12 heavy (non-hydrogen) atoms. The fourth-order valence-corrected chi connectivity index (χ4v) is 1.80. The van der Waals surface area contributed by atoms with Crippen LogP contribution >= 0.6 is 15.9 Å². The van der Waals surface area contributed by atoms with Crippen LogP contribution in [0.25, 0.3) is 0 Å². The van der Waals surface area contributed by atoms with Crippen molar-refractivity contribution in [2.24, 2.45) is 0 Å². The third-order valence-electron chi connectivity index (χ3n) is 2.27. The molecule has 2 rings (SSSR count). The summed E-state index contributed by atoms with van der Waals surface area (Å²) < 4.78 is 6.47. The van der Waals surface area contributed by atoms with E-state index in [9.17, 15) is 0 Å². The second-order valence-corrected chi connectivity index (χ2v) is 4.03. The molecule has 0 amide bonds. The largest absolute Gasteiger partial charge is 0.381 e. The maximum Gasteiger partial charge on any atom is 0.0535 e. The zero-order chi connectivity index (χ0) is 8.39. The van der Waals surface area contributed by atoms with Gasteiger partial charge in [0, 0.05) is 17.0 Å². The van der Waals surface area contributed by atoms with E-state index in [1.165, 1.54) is 12.0 Å². The summed E-state index contributed by atoms with van der Waals surface area (Å²) in [5, 5.41) is 0. The van der Waals surface area contributed by atoms with E-state index in [-0.39, 0.29) is 0 Å². The Hall–Kier alpha value is -0.340. The maximum atomic E-state index is 5.33. The van der Waals surface area contributed by atoms with Crippen molar-refractivity contribution in [2.75, 3.05) is 13.2 Å². The Balaban J connectivity index is 2.17. The molecule has 1 fully saturated rings. The van der Waals surface area contributed by atoms with E-state index in [1.54, 1.807) is 0 Å². The Bertz CT molecular complexity index is 249. The van der Waals surface area contributed by atoms with Crippen LogP contribution in [0.4, 0.5) is 0 Å². The molecule has 0 aromatic heterocycles. The third-order valence-corrected chi connectivity index (χ3v) is 2.80. The van der Waals surface area contributed by atoms with Crippen LogP contribution in [0.5, 0.6) is 0 Å². The fourth-order valence-electron chi connectivity index (χ4n) is 1.53. The van der Waals surface area contributed by atoms with Gasteiger partial charge in [-0.2, -0.15) is 0 Å². The lowest BCUT2D eigenvalue weighted by molar-refractivity contribution is 0.194. The highest BCUT2D eigenvalue weighted by atomic mass is 79.9.